The SMILES string of the molecule is COc1ccc(CCNC(C)(C)CCl)cc1. The summed E-state index contributed by atoms with van der Waals surface area (Å²) >= 11 is 5.84. The van der Waals surface area contributed by atoms with Crippen molar-refractivity contribution in [2.45, 2.75) is 25.8 Å². The fourth-order valence-corrected chi connectivity index (χ4v) is 1.48. The summed E-state index contributed by atoms with van der Waals surface area (Å²) < 4.78 is 5.11. The summed E-state index contributed by atoms with van der Waals surface area (Å²) in [5.41, 5.74) is 1.31. The second-order valence-electron chi connectivity index (χ2n) is 4.54. The Morgan fingerprint density at radius 2 is 1.88 bits per heavy atom. The average molecular weight is 242 g/mol. The zero-order valence-electron chi connectivity index (χ0n) is 10.2. The molecular formula is C13H20ClNO. The van der Waals surface area contributed by atoms with E-state index in [1.807, 2.05) is 12.1 Å². The molecule has 1 aromatic carbocycles. The average Bonchev–Trinajstić information content (AvgIpc) is 2.30. The van der Waals surface area contributed by atoms with Crippen LogP contribution in [0.4, 0.5) is 0 Å². The maximum Gasteiger partial charge on any atom is 0.118 e. The summed E-state index contributed by atoms with van der Waals surface area (Å²) in [5.74, 6) is 1.52. The van der Waals surface area contributed by atoms with Gasteiger partial charge in [-0.2, -0.15) is 0 Å². The van der Waals surface area contributed by atoms with Crippen molar-refractivity contribution in [3.8, 4) is 5.75 Å². The summed E-state index contributed by atoms with van der Waals surface area (Å²) in [6.07, 6.45) is 1.00. The summed E-state index contributed by atoms with van der Waals surface area (Å²) in [6.45, 7) is 5.15. The first-order valence-corrected chi connectivity index (χ1v) is 6.05. The molecule has 90 valence electrons. The molecule has 0 unspecified atom stereocenters. The van der Waals surface area contributed by atoms with Crippen LogP contribution < -0.4 is 10.1 Å². The minimum Gasteiger partial charge on any atom is -0.497 e. The molecule has 0 radical (unpaired) electrons. The van der Waals surface area contributed by atoms with Crippen molar-refractivity contribution < 1.29 is 4.74 Å². The van der Waals surface area contributed by atoms with Gasteiger partial charge in [-0.1, -0.05) is 12.1 Å². The molecule has 0 fully saturated rings. The number of benzene rings is 1. The van der Waals surface area contributed by atoms with Crippen molar-refractivity contribution in [2.24, 2.45) is 0 Å². The predicted octanol–water partition coefficient (Wildman–Crippen LogP) is 2.84. The molecule has 0 atom stereocenters. The Balaban J connectivity index is 2.37. The summed E-state index contributed by atoms with van der Waals surface area (Å²) in [5, 5.41) is 3.42. The Morgan fingerprint density at radius 3 is 2.38 bits per heavy atom. The molecule has 3 heteroatoms. The van der Waals surface area contributed by atoms with Crippen molar-refractivity contribution in [2.75, 3.05) is 19.5 Å². The Kier molecular flexibility index (Phi) is 5.10. The van der Waals surface area contributed by atoms with Gasteiger partial charge in [-0.15, -0.1) is 11.6 Å². The van der Waals surface area contributed by atoms with Gasteiger partial charge in [-0.25, -0.2) is 0 Å². The standard InChI is InChI=1S/C13H20ClNO/c1-13(2,10-14)15-9-8-11-4-6-12(16-3)7-5-11/h4-7,15H,8-10H2,1-3H3. The fraction of sp³-hybridized carbons (Fsp3) is 0.538. The van der Waals surface area contributed by atoms with E-state index in [9.17, 15) is 0 Å². The van der Waals surface area contributed by atoms with Crippen LogP contribution in [0.1, 0.15) is 19.4 Å². The van der Waals surface area contributed by atoms with Crippen LogP contribution in [-0.2, 0) is 6.42 Å². The van der Waals surface area contributed by atoms with Crippen molar-refractivity contribution >= 4 is 11.6 Å². The number of nitrogens with one attached hydrogen (secondary N) is 1. The third-order valence-electron chi connectivity index (χ3n) is 2.51. The van der Waals surface area contributed by atoms with Gasteiger partial charge in [-0.05, 0) is 44.5 Å². The zero-order chi connectivity index (χ0) is 12.0. The van der Waals surface area contributed by atoms with Crippen molar-refractivity contribution in [1.29, 1.82) is 0 Å². The van der Waals surface area contributed by atoms with Gasteiger partial charge >= 0.3 is 0 Å². The highest BCUT2D eigenvalue weighted by molar-refractivity contribution is 6.18. The van der Waals surface area contributed by atoms with Crippen LogP contribution in [0.5, 0.6) is 5.75 Å². The largest absolute Gasteiger partial charge is 0.497 e. The van der Waals surface area contributed by atoms with Crippen LogP contribution in [0.15, 0.2) is 24.3 Å². The number of hydrogen-bond donors (Lipinski definition) is 1. The van der Waals surface area contributed by atoms with E-state index in [1.54, 1.807) is 7.11 Å². The van der Waals surface area contributed by atoms with E-state index in [4.69, 9.17) is 16.3 Å². The predicted molar refractivity (Wildman–Crippen MR) is 69.5 cm³/mol. The maximum atomic E-state index is 5.84. The molecule has 0 aliphatic carbocycles. The molecular weight excluding hydrogens is 222 g/mol. The van der Waals surface area contributed by atoms with Crippen molar-refractivity contribution in [1.82, 2.24) is 5.32 Å². The molecule has 0 saturated heterocycles. The van der Waals surface area contributed by atoms with Crippen LogP contribution in [0, 0.1) is 0 Å². The number of alkyl halides is 1. The summed E-state index contributed by atoms with van der Waals surface area (Å²) in [6, 6.07) is 8.16. The van der Waals surface area contributed by atoms with Gasteiger partial charge in [0.1, 0.15) is 5.75 Å². The third-order valence-corrected chi connectivity index (χ3v) is 3.18. The molecule has 16 heavy (non-hydrogen) atoms. The molecule has 0 aromatic heterocycles. The first kappa shape index (κ1) is 13.3. The van der Waals surface area contributed by atoms with Gasteiger partial charge in [0.2, 0.25) is 0 Å². The van der Waals surface area contributed by atoms with Crippen LogP contribution >= 0.6 is 11.6 Å². The lowest BCUT2D eigenvalue weighted by atomic mass is 10.1. The minimum absolute atomic E-state index is 0.00796. The topological polar surface area (TPSA) is 21.3 Å². The van der Waals surface area contributed by atoms with Crippen LogP contribution in [-0.4, -0.2) is 25.1 Å². The molecule has 0 bridgehead atoms. The van der Waals surface area contributed by atoms with Crippen LogP contribution in [0.2, 0.25) is 0 Å². The minimum atomic E-state index is 0.00796. The molecule has 0 spiro atoms. The number of methoxy groups -OCH3 is 1. The zero-order valence-corrected chi connectivity index (χ0v) is 11.0. The molecule has 0 heterocycles. The Bertz CT molecular complexity index is 308. The molecule has 0 saturated carbocycles. The quantitative estimate of drug-likeness (QED) is 0.774. The highest BCUT2D eigenvalue weighted by Gasteiger charge is 2.13. The molecule has 1 N–H and O–H groups in total. The van der Waals surface area contributed by atoms with Crippen molar-refractivity contribution in [3.63, 3.8) is 0 Å². The van der Waals surface area contributed by atoms with E-state index in [1.165, 1.54) is 5.56 Å². The second-order valence-corrected chi connectivity index (χ2v) is 4.81. The summed E-state index contributed by atoms with van der Waals surface area (Å²) in [7, 11) is 1.68. The molecule has 1 rings (SSSR count). The fourth-order valence-electron chi connectivity index (χ4n) is 1.38. The number of ether oxygens (including phenoxy) is 1. The highest BCUT2D eigenvalue weighted by atomic mass is 35.5. The lowest BCUT2D eigenvalue weighted by molar-refractivity contribution is 0.414. The first-order chi connectivity index (χ1) is 7.57. The van der Waals surface area contributed by atoms with Crippen LogP contribution in [0.25, 0.3) is 0 Å². The Labute approximate surface area is 103 Å². The van der Waals surface area contributed by atoms with E-state index >= 15 is 0 Å². The highest BCUT2D eigenvalue weighted by Crippen LogP contribution is 2.12. The maximum absolute atomic E-state index is 5.84. The summed E-state index contributed by atoms with van der Waals surface area (Å²) in [4.78, 5) is 0. The number of hydrogen-bond acceptors (Lipinski definition) is 2. The Morgan fingerprint density at radius 1 is 1.25 bits per heavy atom. The number of rotatable bonds is 6. The molecule has 0 amide bonds. The van der Waals surface area contributed by atoms with E-state index in [2.05, 4.69) is 31.3 Å². The van der Waals surface area contributed by atoms with Crippen molar-refractivity contribution in [3.05, 3.63) is 29.8 Å². The van der Waals surface area contributed by atoms with E-state index in [0.717, 1.165) is 18.7 Å². The van der Waals surface area contributed by atoms with Crippen LogP contribution in [0.3, 0.4) is 0 Å². The molecule has 1 aromatic rings. The first-order valence-electron chi connectivity index (χ1n) is 5.51. The third kappa shape index (κ3) is 4.42. The molecule has 0 aliphatic heterocycles. The van der Waals surface area contributed by atoms with E-state index in [-0.39, 0.29) is 5.54 Å². The monoisotopic (exact) mass is 241 g/mol. The Hall–Kier alpha value is -0.730. The normalized spacial score (nSPS) is 11.5. The van der Waals surface area contributed by atoms with E-state index < -0.39 is 0 Å². The molecule has 0 aliphatic rings. The number of halogens is 1. The lowest BCUT2D eigenvalue weighted by Crippen LogP contribution is -2.42. The van der Waals surface area contributed by atoms with E-state index in [0.29, 0.717) is 5.88 Å². The van der Waals surface area contributed by atoms with Gasteiger partial charge < -0.3 is 10.1 Å². The second kappa shape index (κ2) is 6.12. The van der Waals surface area contributed by atoms with Gasteiger partial charge in [0.15, 0.2) is 0 Å². The van der Waals surface area contributed by atoms with Gasteiger partial charge in [-0.3, -0.25) is 0 Å². The molecule has 2 nitrogen and oxygen atoms in total. The lowest BCUT2D eigenvalue weighted by Gasteiger charge is -2.23. The smallest absolute Gasteiger partial charge is 0.118 e. The van der Waals surface area contributed by atoms with Gasteiger partial charge in [0, 0.05) is 11.4 Å². The van der Waals surface area contributed by atoms with Gasteiger partial charge in [0.25, 0.3) is 0 Å². The van der Waals surface area contributed by atoms with Gasteiger partial charge in [0.05, 0.1) is 7.11 Å².